The first kappa shape index (κ1) is 23.3. The van der Waals surface area contributed by atoms with Crippen molar-refractivity contribution in [2.75, 3.05) is 19.0 Å². The zero-order chi connectivity index (χ0) is 25.1. The summed E-state index contributed by atoms with van der Waals surface area (Å²) in [7, 11) is 3.17. The van der Waals surface area contributed by atoms with Gasteiger partial charge in [0.1, 0.15) is 11.4 Å². The standard InChI is InChI=1S/C23H23N7O5/c1-13-19(23(33)30(29(13)2)15-7-5-4-6-8-15)25-18(31)12-35-16-10-9-14(11-17(16)34-3)20-21(22(24)32)27-28-26-20/h4-11H,12H2,1-3H3,(H2,24,32)(H,25,31)(H,26,27,28). The van der Waals surface area contributed by atoms with E-state index >= 15 is 0 Å². The molecule has 35 heavy (non-hydrogen) atoms. The van der Waals surface area contributed by atoms with Crippen molar-refractivity contribution >= 4 is 17.5 Å². The molecule has 2 aromatic heterocycles. The molecule has 180 valence electrons. The lowest BCUT2D eigenvalue weighted by Crippen LogP contribution is -2.25. The number of nitrogens with two attached hydrogens (primary N) is 1. The van der Waals surface area contributed by atoms with Crippen LogP contribution in [0.5, 0.6) is 11.5 Å². The lowest BCUT2D eigenvalue weighted by atomic mass is 10.1. The highest BCUT2D eigenvalue weighted by Gasteiger charge is 2.20. The van der Waals surface area contributed by atoms with Crippen LogP contribution >= 0.6 is 0 Å². The van der Waals surface area contributed by atoms with E-state index in [0.717, 1.165) is 0 Å². The topological polar surface area (TPSA) is 159 Å². The number of carbonyl (C=O) groups is 2. The van der Waals surface area contributed by atoms with Crippen LogP contribution in [0.2, 0.25) is 0 Å². The number of amides is 2. The zero-order valence-electron chi connectivity index (χ0n) is 19.2. The number of carbonyl (C=O) groups excluding carboxylic acids is 2. The second kappa shape index (κ2) is 9.55. The average molecular weight is 477 g/mol. The van der Waals surface area contributed by atoms with E-state index in [1.807, 2.05) is 18.2 Å². The number of para-hydroxylation sites is 1. The smallest absolute Gasteiger partial charge is 0.295 e. The highest BCUT2D eigenvalue weighted by molar-refractivity contribution is 5.96. The Morgan fingerprint density at radius 2 is 1.86 bits per heavy atom. The SMILES string of the molecule is COc1cc(-c2n[nH]nc2C(N)=O)ccc1OCC(=O)Nc1c(C)n(C)n(-c2ccccc2)c1=O. The van der Waals surface area contributed by atoms with Crippen LogP contribution in [0.1, 0.15) is 16.2 Å². The Hall–Kier alpha value is -4.87. The molecular formula is C23H23N7O5. The van der Waals surface area contributed by atoms with E-state index in [9.17, 15) is 14.4 Å². The van der Waals surface area contributed by atoms with Gasteiger partial charge < -0.3 is 20.5 Å². The number of aromatic nitrogens is 5. The molecule has 12 heteroatoms. The molecule has 4 N–H and O–H groups in total. The molecule has 0 spiro atoms. The van der Waals surface area contributed by atoms with Gasteiger partial charge in [-0.1, -0.05) is 18.2 Å². The molecule has 0 aliphatic rings. The summed E-state index contributed by atoms with van der Waals surface area (Å²) in [4.78, 5) is 37.1. The molecule has 2 amide bonds. The van der Waals surface area contributed by atoms with Gasteiger partial charge in [0.15, 0.2) is 23.8 Å². The van der Waals surface area contributed by atoms with Crippen LogP contribution in [0.15, 0.2) is 53.3 Å². The summed E-state index contributed by atoms with van der Waals surface area (Å²) in [6, 6.07) is 13.9. The van der Waals surface area contributed by atoms with Gasteiger partial charge in [0.25, 0.3) is 17.4 Å². The van der Waals surface area contributed by atoms with Crippen LogP contribution in [0.25, 0.3) is 16.9 Å². The predicted octanol–water partition coefficient (Wildman–Crippen LogP) is 1.39. The van der Waals surface area contributed by atoms with Crippen LogP contribution in [0, 0.1) is 6.92 Å². The van der Waals surface area contributed by atoms with Gasteiger partial charge >= 0.3 is 0 Å². The Morgan fingerprint density at radius 1 is 1.11 bits per heavy atom. The summed E-state index contributed by atoms with van der Waals surface area (Å²) in [5, 5.41) is 12.7. The number of nitrogens with one attached hydrogen (secondary N) is 2. The maximum Gasteiger partial charge on any atom is 0.295 e. The summed E-state index contributed by atoms with van der Waals surface area (Å²) in [5.74, 6) is -0.667. The molecule has 0 unspecified atom stereocenters. The number of nitrogens with zero attached hydrogens (tertiary/aromatic N) is 4. The third-order valence-electron chi connectivity index (χ3n) is 5.40. The van der Waals surface area contributed by atoms with Crippen molar-refractivity contribution in [3.05, 3.63) is 70.3 Å². The molecule has 2 heterocycles. The van der Waals surface area contributed by atoms with Gasteiger partial charge in [0.05, 0.1) is 18.5 Å². The molecule has 0 saturated heterocycles. The van der Waals surface area contributed by atoms with Gasteiger partial charge in [0.2, 0.25) is 0 Å². The fourth-order valence-corrected chi connectivity index (χ4v) is 3.57. The first-order valence-corrected chi connectivity index (χ1v) is 10.5. The Bertz CT molecular complexity index is 1450. The van der Waals surface area contributed by atoms with E-state index in [4.69, 9.17) is 15.2 Å². The normalized spacial score (nSPS) is 10.7. The molecule has 0 bridgehead atoms. The van der Waals surface area contributed by atoms with Crippen LogP contribution in [0.4, 0.5) is 5.69 Å². The van der Waals surface area contributed by atoms with E-state index in [0.29, 0.717) is 22.7 Å². The maximum atomic E-state index is 13.0. The fourth-order valence-electron chi connectivity index (χ4n) is 3.57. The van der Waals surface area contributed by atoms with Crippen molar-refractivity contribution in [1.29, 1.82) is 0 Å². The highest BCUT2D eigenvalue weighted by Crippen LogP contribution is 2.32. The van der Waals surface area contributed by atoms with E-state index in [1.54, 1.807) is 49.0 Å². The van der Waals surface area contributed by atoms with Crippen molar-refractivity contribution in [3.63, 3.8) is 0 Å². The number of aromatic amines is 1. The van der Waals surface area contributed by atoms with Crippen molar-refractivity contribution in [1.82, 2.24) is 24.8 Å². The summed E-state index contributed by atoms with van der Waals surface area (Å²) >= 11 is 0. The van der Waals surface area contributed by atoms with Crippen molar-refractivity contribution in [2.45, 2.75) is 6.92 Å². The number of methoxy groups -OCH3 is 1. The van der Waals surface area contributed by atoms with Gasteiger partial charge in [-0.3, -0.25) is 19.1 Å². The monoisotopic (exact) mass is 477 g/mol. The number of hydrogen-bond acceptors (Lipinski definition) is 7. The first-order chi connectivity index (χ1) is 16.8. The molecule has 0 atom stereocenters. The number of rotatable bonds is 8. The number of ether oxygens (including phenoxy) is 2. The maximum absolute atomic E-state index is 13.0. The average Bonchev–Trinajstić information content (AvgIpc) is 3.43. The zero-order valence-corrected chi connectivity index (χ0v) is 19.2. The molecule has 0 fully saturated rings. The second-order valence-electron chi connectivity index (χ2n) is 7.52. The van der Waals surface area contributed by atoms with Crippen LogP contribution < -0.4 is 26.1 Å². The van der Waals surface area contributed by atoms with Crippen LogP contribution in [-0.2, 0) is 11.8 Å². The number of primary amides is 1. The minimum atomic E-state index is -0.729. The summed E-state index contributed by atoms with van der Waals surface area (Å²) < 4.78 is 14.1. The van der Waals surface area contributed by atoms with Crippen molar-refractivity contribution < 1.29 is 19.1 Å². The Balaban J connectivity index is 1.50. The molecular weight excluding hydrogens is 454 g/mol. The lowest BCUT2D eigenvalue weighted by molar-refractivity contribution is -0.118. The Kier molecular flexibility index (Phi) is 6.36. The molecule has 0 saturated carbocycles. The second-order valence-corrected chi connectivity index (χ2v) is 7.52. The van der Waals surface area contributed by atoms with Crippen molar-refractivity contribution in [2.24, 2.45) is 12.8 Å². The quantitative estimate of drug-likeness (QED) is 0.346. The minimum absolute atomic E-state index is 0.0144. The van der Waals surface area contributed by atoms with Crippen LogP contribution in [0.3, 0.4) is 0 Å². The number of H-pyrrole nitrogens is 1. The fraction of sp³-hybridized carbons (Fsp3) is 0.174. The lowest BCUT2D eigenvalue weighted by Gasteiger charge is -2.12. The number of anilines is 1. The molecule has 4 aromatic rings. The van der Waals surface area contributed by atoms with Gasteiger partial charge in [-0.25, -0.2) is 4.68 Å². The Labute approximate surface area is 199 Å². The third-order valence-corrected chi connectivity index (χ3v) is 5.40. The van der Waals surface area contributed by atoms with E-state index in [-0.39, 0.29) is 35.0 Å². The summed E-state index contributed by atoms with van der Waals surface area (Å²) in [6.45, 7) is 1.37. The molecule has 0 radical (unpaired) electrons. The van der Waals surface area contributed by atoms with Crippen molar-refractivity contribution in [3.8, 4) is 28.4 Å². The van der Waals surface area contributed by atoms with Gasteiger partial charge in [-0.05, 0) is 37.3 Å². The van der Waals surface area contributed by atoms with E-state index in [1.165, 1.54) is 11.8 Å². The van der Waals surface area contributed by atoms with E-state index < -0.39 is 11.8 Å². The van der Waals surface area contributed by atoms with Gasteiger partial charge in [-0.15, -0.1) is 0 Å². The van der Waals surface area contributed by atoms with Gasteiger partial charge in [-0.2, -0.15) is 15.4 Å². The largest absolute Gasteiger partial charge is 0.493 e. The minimum Gasteiger partial charge on any atom is -0.493 e. The molecule has 0 aliphatic carbocycles. The molecule has 0 aliphatic heterocycles. The van der Waals surface area contributed by atoms with E-state index in [2.05, 4.69) is 20.7 Å². The first-order valence-electron chi connectivity index (χ1n) is 10.5. The summed E-state index contributed by atoms with van der Waals surface area (Å²) in [5.41, 5.74) is 7.15. The molecule has 12 nitrogen and oxygen atoms in total. The third kappa shape index (κ3) is 4.49. The Morgan fingerprint density at radius 3 is 2.54 bits per heavy atom. The predicted molar refractivity (Wildman–Crippen MR) is 127 cm³/mol. The van der Waals surface area contributed by atoms with Gasteiger partial charge in [0, 0.05) is 12.6 Å². The highest BCUT2D eigenvalue weighted by atomic mass is 16.5. The number of benzene rings is 2. The molecule has 2 aromatic carbocycles. The van der Waals surface area contributed by atoms with Crippen LogP contribution in [-0.4, -0.2) is 50.3 Å². The molecule has 4 rings (SSSR count). The summed E-state index contributed by atoms with van der Waals surface area (Å²) in [6.07, 6.45) is 0. The number of hydrogen-bond donors (Lipinski definition) is 3.